The molecule has 2 aromatic rings. The van der Waals surface area contributed by atoms with Gasteiger partial charge in [-0.25, -0.2) is 0 Å². The Balaban J connectivity index is 1.72. The van der Waals surface area contributed by atoms with Gasteiger partial charge in [-0.05, 0) is 38.0 Å². The summed E-state index contributed by atoms with van der Waals surface area (Å²) >= 11 is 0. The number of hydrogen-bond acceptors (Lipinski definition) is 1. The van der Waals surface area contributed by atoms with Crippen LogP contribution in [0.25, 0.3) is 0 Å². The molecule has 1 heterocycles. The highest BCUT2D eigenvalue weighted by Crippen LogP contribution is 2.08. The molecule has 1 aromatic heterocycles. The number of benzene rings is 1. The zero-order chi connectivity index (χ0) is 15.8. The van der Waals surface area contributed by atoms with E-state index >= 15 is 0 Å². The van der Waals surface area contributed by atoms with Crippen LogP contribution >= 0.6 is 0 Å². The Morgan fingerprint density at radius 1 is 1.00 bits per heavy atom. The summed E-state index contributed by atoms with van der Waals surface area (Å²) in [4.78, 5) is 4.26. The molecule has 118 valence electrons. The van der Waals surface area contributed by atoms with Crippen LogP contribution in [-0.4, -0.2) is 30.7 Å². The Bertz CT molecular complexity index is 579. The van der Waals surface area contributed by atoms with Crippen LogP contribution in [0.3, 0.4) is 0 Å². The van der Waals surface area contributed by atoms with E-state index in [2.05, 4.69) is 64.6 Å². The van der Waals surface area contributed by atoms with E-state index in [1.165, 1.54) is 16.7 Å². The lowest BCUT2D eigenvalue weighted by molar-refractivity contribution is 0.665. The van der Waals surface area contributed by atoms with Crippen molar-refractivity contribution in [2.45, 2.75) is 26.8 Å². The molecule has 0 aliphatic rings. The van der Waals surface area contributed by atoms with Crippen molar-refractivity contribution in [1.82, 2.24) is 15.2 Å². The van der Waals surface area contributed by atoms with Crippen LogP contribution in [0.15, 0.2) is 47.7 Å². The van der Waals surface area contributed by atoms with Crippen LogP contribution in [0.5, 0.6) is 0 Å². The first-order valence-corrected chi connectivity index (χ1v) is 7.80. The number of guanidine groups is 1. The zero-order valence-electron chi connectivity index (χ0n) is 13.8. The molecule has 0 saturated carbocycles. The lowest BCUT2D eigenvalue weighted by Crippen LogP contribution is -2.39. The quantitative estimate of drug-likeness (QED) is 0.635. The minimum Gasteiger partial charge on any atom is -0.356 e. The summed E-state index contributed by atoms with van der Waals surface area (Å²) in [7, 11) is 1.81. The number of rotatable bonds is 6. The van der Waals surface area contributed by atoms with E-state index in [0.717, 1.165) is 32.0 Å². The minimum atomic E-state index is 0.858. The lowest BCUT2D eigenvalue weighted by atomic mass is 10.1. The average Bonchev–Trinajstić information content (AvgIpc) is 2.98. The monoisotopic (exact) mass is 298 g/mol. The third-order valence-electron chi connectivity index (χ3n) is 3.54. The van der Waals surface area contributed by atoms with Crippen molar-refractivity contribution in [1.29, 1.82) is 0 Å². The van der Waals surface area contributed by atoms with Crippen molar-refractivity contribution in [3.05, 3.63) is 59.4 Å². The van der Waals surface area contributed by atoms with Gasteiger partial charge in [0.15, 0.2) is 5.96 Å². The summed E-state index contributed by atoms with van der Waals surface area (Å²) in [6.07, 6.45) is 5.14. The van der Waals surface area contributed by atoms with Crippen LogP contribution in [0.2, 0.25) is 0 Å². The van der Waals surface area contributed by atoms with Crippen LogP contribution in [0.1, 0.15) is 16.7 Å². The molecule has 0 atom stereocenters. The lowest BCUT2D eigenvalue weighted by Gasteiger charge is -2.12. The summed E-state index contributed by atoms with van der Waals surface area (Å²) in [5, 5.41) is 6.70. The molecule has 22 heavy (non-hydrogen) atoms. The maximum absolute atomic E-state index is 4.26. The number of aliphatic imine (C=N–C) groups is 1. The Hall–Kier alpha value is -2.23. The van der Waals surface area contributed by atoms with Gasteiger partial charge in [0, 0.05) is 39.1 Å². The molecule has 0 radical (unpaired) electrons. The molecule has 0 aliphatic heterocycles. The number of aryl methyl sites for hydroxylation is 2. The fraction of sp³-hybridized carbons (Fsp3) is 0.389. The predicted octanol–water partition coefficient (Wildman–Crippen LogP) is 2.51. The molecule has 0 spiro atoms. The number of hydrogen-bond donors (Lipinski definition) is 2. The highest BCUT2D eigenvalue weighted by Gasteiger charge is 1.99. The average molecular weight is 298 g/mol. The van der Waals surface area contributed by atoms with Crippen LogP contribution < -0.4 is 10.6 Å². The molecule has 0 fully saturated rings. The minimum absolute atomic E-state index is 0.858. The fourth-order valence-electron chi connectivity index (χ4n) is 2.58. The Morgan fingerprint density at radius 3 is 2.27 bits per heavy atom. The van der Waals surface area contributed by atoms with Crippen LogP contribution in [0.4, 0.5) is 0 Å². The molecule has 0 bridgehead atoms. The Labute approximate surface area is 133 Å². The van der Waals surface area contributed by atoms with Gasteiger partial charge >= 0.3 is 0 Å². The molecule has 2 N–H and O–H groups in total. The molecule has 0 unspecified atom stereocenters. The van der Waals surface area contributed by atoms with Crippen molar-refractivity contribution >= 4 is 5.96 Å². The van der Waals surface area contributed by atoms with Gasteiger partial charge in [-0.1, -0.05) is 29.3 Å². The first-order chi connectivity index (χ1) is 10.7. The highest BCUT2D eigenvalue weighted by molar-refractivity contribution is 5.79. The molecule has 0 aliphatic carbocycles. The van der Waals surface area contributed by atoms with Gasteiger partial charge < -0.3 is 15.2 Å². The SMILES string of the molecule is CN=C(NCCc1cc(C)cc(C)c1)NCCn1cccc1. The first-order valence-electron chi connectivity index (χ1n) is 7.80. The van der Waals surface area contributed by atoms with Crippen LogP contribution in [-0.2, 0) is 13.0 Å². The standard InChI is InChI=1S/C18H26N4/c1-15-12-16(2)14-17(13-15)6-7-20-18(19-3)21-8-11-22-9-4-5-10-22/h4-5,9-10,12-14H,6-8,11H2,1-3H3,(H2,19,20,21). The van der Waals surface area contributed by atoms with E-state index in [-0.39, 0.29) is 0 Å². The largest absolute Gasteiger partial charge is 0.356 e. The Morgan fingerprint density at radius 2 is 1.64 bits per heavy atom. The number of nitrogens with zero attached hydrogens (tertiary/aromatic N) is 2. The van der Waals surface area contributed by atoms with Gasteiger partial charge in [-0.3, -0.25) is 4.99 Å². The van der Waals surface area contributed by atoms with Crippen molar-refractivity contribution in [2.24, 2.45) is 4.99 Å². The van der Waals surface area contributed by atoms with E-state index in [1.54, 1.807) is 0 Å². The third-order valence-corrected chi connectivity index (χ3v) is 3.54. The van der Waals surface area contributed by atoms with E-state index in [1.807, 2.05) is 19.2 Å². The normalized spacial score (nSPS) is 11.5. The number of nitrogens with one attached hydrogen (secondary N) is 2. The van der Waals surface area contributed by atoms with Crippen molar-refractivity contribution < 1.29 is 0 Å². The molecule has 0 saturated heterocycles. The van der Waals surface area contributed by atoms with Gasteiger partial charge in [0.2, 0.25) is 0 Å². The van der Waals surface area contributed by atoms with E-state index in [0.29, 0.717) is 0 Å². The topological polar surface area (TPSA) is 41.4 Å². The van der Waals surface area contributed by atoms with E-state index in [4.69, 9.17) is 0 Å². The summed E-state index contributed by atoms with van der Waals surface area (Å²) in [6.45, 7) is 6.96. The molecular formula is C18H26N4. The molecule has 2 rings (SSSR count). The summed E-state index contributed by atoms with van der Waals surface area (Å²) in [6, 6.07) is 10.8. The zero-order valence-corrected chi connectivity index (χ0v) is 13.8. The summed E-state index contributed by atoms with van der Waals surface area (Å²) < 4.78 is 2.15. The second-order valence-corrected chi connectivity index (χ2v) is 5.59. The smallest absolute Gasteiger partial charge is 0.191 e. The van der Waals surface area contributed by atoms with Crippen molar-refractivity contribution in [3.8, 4) is 0 Å². The second-order valence-electron chi connectivity index (χ2n) is 5.59. The maximum atomic E-state index is 4.26. The van der Waals surface area contributed by atoms with Gasteiger partial charge in [-0.15, -0.1) is 0 Å². The van der Waals surface area contributed by atoms with Crippen molar-refractivity contribution in [3.63, 3.8) is 0 Å². The van der Waals surface area contributed by atoms with Gasteiger partial charge in [0.25, 0.3) is 0 Å². The third kappa shape index (κ3) is 5.28. The number of aromatic nitrogens is 1. The van der Waals surface area contributed by atoms with Gasteiger partial charge in [0.1, 0.15) is 0 Å². The maximum Gasteiger partial charge on any atom is 0.191 e. The molecular weight excluding hydrogens is 272 g/mol. The van der Waals surface area contributed by atoms with E-state index in [9.17, 15) is 0 Å². The van der Waals surface area contributed by atoms with Gasteiger partial charge in [-0.2, -0.15) is 0 Å². The molecule has 1 aromatic carbocycles. The molecule has 0 amide bonds. The second kappa shape index (κ2) is 8.27. The first kappa shape index (κ1) is 16.1. The molecule has 4 heteroatoms. The van der Waals surface area contributed by atoms with Crippen LogP contribution in [0, 0.1) is 13.8 Å². The molecule has 4 nitrogen and oxygen atoms in total. The van der Waals surface area contributed by atoms with E-state index < -0.39 is 0 Å². The van der Waals surface area contributed by atoms with Gasteiger partial charge in [0.05, 0.1) is 0 Å². The Kier molecular flexibility index (Phi) is 6.07. The van der Waals surface area contributed by atoms with Crippen molar-refractivity contribution in [2.75, 3.05) is 20.1 Å². The summed E-state index contributed by atoms with van der Waals surface area (Å²) in [5.41, 5.74) is 4.02. The highest BCUT2D eigenvalue weighted by atomic mass is 15.2. The summed E-state index contributed by atoms with van der Waals surface area (Å²) in [5.74, 6) is 0.858. The fourth-order valence-corrected chi connectivity index (χ4v) is 2.58. The predicted molar refractivity (Wildman–Crippen MR) is 93.4 cm³/mol.